The molecule has 2 heterocycles. The zero-order chi connectivity index (χ0) is 20.9. The van der Waals surface area contributed by atoms with E-state index < -0.39 is 0 Å². The van der Waals surface area contributed by atoms with Crippen LogP contribution in [-0.2, 0) is 11.3 Å². The molecule has 0 saturated carbocycles. The lowest BCUT2D eigenvalue weighted by Crippen LogP contribution is -2.28. The van der Waals surface area contributed by atoms with Gasteiger partial charge in [0.1, 0.15) is 5.75 Å². The van der Waals surface area contributed by atoms with Gasteiger partial charge in [0.15, 0.2) is 11.5 Å². The van der Waals surface area contributed by atoms with E-state index in [1.165, 1.54) is 11.8 Å². The molecule has 1 atom stereocenters. The Labute approximate surface area is 177 Å². The van der Waals surface area contributed by atoms with Crippen LogP contribution in [0.1, 0.15) is 24.1 Å². The Morgan fingerprint density at radius 1 is 1.23 bits per heavy atom. The van der Waals surface area contributed by atoms with Crippen molar-refractivity contribution in [2.45, 2.75) is 24.7 Å². The van der Waals surface area contributed by atoms with Crippen LogP contribution >= 0.6 is 11.8 Å². The first-order valence-electron chi connectivity index (χ1n) is 9.33. The maximum absolute atomic E-state index is 12.4. The van der Waals surface area contributed by atoms with Crippen molar-refractivity contribution in [3.8, 4) is 17.2 Å². The summed E-state index contributed by atoms with van der Waals surface area (Å²) in [6.07, 6.45) is 0. The number of tetrazole rings is 1. The van der Waals surface area contributed by atoms with E-state index in [1.807, 2.05) is 49.4 Å². The lowest BCUT2D eigenvalue weighted by Gasteiger charge is -2.14. The summed E-state index contributed by atoms with van der Waals surface area (Å²) >= 11 is 1.29. The number of carbonyl (C=O) groups is 1. The number of aromatic nitrogens is 4. The summed E-state index contributed by atoms with van der Waals surface area (Å²) in [6.45, 7) is 2.66. The van der Waals surface area contributed by atoms with Crippen molar-refractivity contribution in [1.29, 1.82) is 0 Å². The molecule has 156 valence electrons. The Morgan fingerprint density at radius 2 is 2.03 bits per heavy atom. The summed E-state index contributed by atoms with van der Waals surface area (Å²) in [5.41, 5.74) is 1.98. The van der Waals surface area contributed by atoms with Crippen LogP contribution in [-0.4, -0.2) is 45.8 Å². The second-order valence-corrected chi connectivity index (χ2v) is 7.60. The second-order valence-electron chi connectivity index (χ2n) is 6.66. The van der Waals surface area contributed by atoms with E-state index in [-0.39, 0.29) is 24.5 Å². The summed E-state index contributed by atoms with van der Waals surface area (Å²) in [5.74, 6) is 2.30. The summed E-state index contributed by atoms with van der Waals surface area (Å²) in [4.78, 5) is 12.4. The molecule has 1 aliphatic heterocycles. The zero-order valence-corrected chi connectivity index (χ0v) is 17.4. The molecular formula is C20H21N5O4S. The summed E-state index contributed by atoms with van der Waals surface area (Å²) in [5, 5.41) is 15.3. The summed E-state index contributed by atoms with van der Waals surface area (Å²) in [7, 11) is 1.63. The molecule has 1 aromatic heterocycles. The molecule has 1 amide bonds. The van der Waals surface area contributed by atoms with Crippen LogP contribution in [0.5, 0.6) is 17.2 Å². The maximum atomic E-state index is 12.4. The van der Waals surface area contributed by atoms with Gasteiger partial charge in [0, 0.05) is 0 Å². The molecule has 0 aliphatic carbocycles. The Balaban J connectivity index is 1.31. The summed E-state index contributed by atoms with van der Waals surface area (Å²) < 4.78 is 17.6. The molecule has 3 aromatic rings. The van der Waals surface area contributed by atoms with E-state index in [0.29, 0.717) is 17.5 Å². The molecule has 30 heavy (non-hydrogen) atoms. The van der Waals surface area contributed by atoms with E-state index in [0.717, 1.165) is 22.6 Å². The quantitative estimate of drug-likeness (QED) is 0.547. The molecule has 4 rings (SSSR count). The van der Waals surface area contributed by atoms with Gasteiger partial charge in [0.2, 0.25) is 17.9 Å². The number of ether oxygens (including phenoxy) is 3. The number of hydrogen-bond donors (Lipinski definition) is 1. The van der Waals surface area contributed by atoms with Gasteiger partial charge < -0.3 is 19.5 Å². The van der Waals surface area contributed by atoms with Crippen molar-refractivity contribution in [2.24, 2.45) is 0 Å². The van der Waals surface area contributed by atoms with Gasteiger partial charge in [-0.3, -0.25) is 4.79 Å². The molecule has 0 saturated heterocycles. The van der Waals surface area contributed by atoms with Gasteiger partial charge in [-0.25, -0.2) is 4.68 Å². The van der Waals surface area contributed by atoms with Crippen LogP contribution in [0.4, 0.5) is 0 Å². The van der Waals surface area contributed by atoms with Crippen LogP contribution in [0.25, 0.3) is 0 Å². The van der Waals surface area contributed by atoms with E-state index in [2.05, 4.69) is 20.8 Å². The molecule has 0 spiro atoms. The molecular weight excluding hydrogens is 406 g/mol. The summed E-state index contributed by atoms with van der Waals surface area (Å²) in [6, 6.07) is 13.2. The number of amides is 1. The van der Waals surface area contributed by atoms with Crippen molar-refractivity contribution in [3.05, 3.63) is 53.6 Å². The Kier molecular flexibility index (Phi) is 6.03. The monoisotopic (exact) mass is 427 g/mol. The molecule has 0 unspecified atom stereocenters. The predicted molar refractivity (Wildman–Crippen MR) is 110 cm³/mol. The smallest absolute Gasteiger partial charge is 0.231 e. The third kappa shape index (κ3) is 4.65. The van der Waals surface area contributed by atoms with Crippen LogP contribution in [0.3, 0.4) is 0 Å². The van der Waals surface area contributed by atoms with E-state index in [4.69, 9.17) is 14.2 Å². The molecule has 0 radical (unpaired) electrons. The number of thioether (sulfide) groups is 1. The average Bonchev–Trinajstić information content (AvgIpc) is 3.41. The lowest BCUT2D eigenvalue weighted by molar-refractivity contribution is -0.119. The zero-order valence-electron chi connectivity index (χ0n) is 16.6. The normalized spacial score (nSPS) is 13.1. The topological polar surface area (TPSA) is 100 Å². The van der Waals surface area contributed by atoms with E-state index in [1.54, 1.807) is 11.8 Å². The SMILES string of the molecule is COc1ccc(Cn2nnnc2SCC(=O)N[C@H](C)c2ccc3c(c2)OCO3)cc1. The van der Waals surface area contributed by atoms with Crippen LogP contribution in [0.2, 0.25) is 0 Å². The van der Waals surface area contributed by atoms with Gasteiger partial charge in [0.05, 0.1) is 25.4 Å². The Morgan fingerprint density at radius 3 is 2.83 bits per heavy atom. The van der Waals surface area contributed by atoms with Gasteiger partial charge in [-0.05, 0) is 52.7 Å². The van der Waals surface area contributed by atoms with Crippen LogP contribution in [0.15, 0.2) is 47.6 Å². The molecule has 9 nitrogen and oxygen atoms in total. The highest BCUT2D eigenvalue weighted by molar-refractivity contribution is 7.99. The first kappa shape index (κ1) is 20.0. The number of fused-ring (bicyclic) bond motifs is 1. The van der Waals surface area contributed by atoms with Crippen molar-refractivity contribution in [3.63, 3.8) is 0 Å². The van der Waals surface area contributed by atoms with Gasteiger partial charge in [-0.15, -0.1) is 5.10 Å². The minimum atomic E-state index is -0.164. The second kappa shape index (κ2) is 9.04. The Bertz CT molecular complexity index is 1020. The van der Waals surface area contributed by atoms with Gasteiger partial charge in [-0.1, -0.05) is 30.0 Å². The highest BCUT2D eigenvalue weighted by Gasteiger charge is 2.17. The standard InChI is InChI=1S/C20H21N5O4S/c1-13(15-5-8-17-18(9-15)29-12-28-17)21-19(26)11-30-20-22-23-24-25(20)10-14-3-6-16(27-2)7-4-14/h3-9,13H,10-12H2,1-2H3,(H,21,26)/t13-/m1/s1. The fraction of sp³-hybridized carbons (Fsp3) is 0.300. The fourth-order valence-electron chi connectivity index (χ4n) is 2.98. The molecule has 2 aromatic carbocycles. The van der Waals surface area contributed by atoms with Gasteiger partial charge in [-0.2, -0.15) is 0 Å². The van der Waals surface area contributed by atoms with E-state index >= 15 is 0 Å². The average molecular weight is 427 g/mol. The number of benzene rings is 2. The Hall–Kier alpha value is -3.27. The largest absolute Gasteiger partial charge is 0.497 e. The number of nitrogens with zero attached hydrogens (tertiary/aromatic N) is 4. The fourth-order valence-corrected chi connectivity index (χ4v) is 3.67. The minimum Gasteiger partial charge on any atom is -0.497 e. The third-order valence-electron chi connectivity index (χ3n) is 4.60. The van der Waals surface area contributed by atoms with Crippen molar-refractivity contribution in [1.82, 2.24) is 25.5 Å². The maximum Gasteiger partial charge on any atom is 0.231 e. The van der Waals surface area contributed by atoms with Crippen molar-refractivity contribution in [2.75, 3.05) is 19.7 Å². The number of methoxy groups -OCH3 is 1. The van der Waals surface area contributed by atoms with Crippen molar-refractivity contribution >= 4 is 17.7 Å². The number of nitrogens with one attached hydrogen (secondary N) is 1. The number of rotatable bonds is 8. The molecule has 10 heteroatoms. The van der Waals surface area contributed by atoms with E-state index in [9.17, 15) is 4.79 Å². The highest BCUT2D eigenvalue weighted by Crippen LogP contribution is 2.34. The number of carbonyl (C=O) groups excluding carboxylic acids is 1. The first-order chi connectivity index (χ1) is 14.6. The molecule has 0 fully saturated rings. The molecule has 1 aliphatic rings. The molecule has 1 N–H and O–H groups in total. The molecule has 0 bridgehead atoms. The van der Waals surface area contributed by atoms with Gasteiger partial charge in [0.25, 0.3) is 0 Å². The number of hydrogen-bond acceptors (Lipinski definition) is 8. The van der Waals surface area contributed by atoms with Gasteiger partial charge >= 0.3 is 0 Å². The van der Waals surface area contributed by atoms with Crippen LogP contribution < -0.4 is 19.5 Å². The highest BCUT2D eigenvalue weighted by atomic mass is 32.2. The minimum absolute atomic E-state index is 0.107. The first-order valence-corrected chi connectivity index (χ1v) is 10.3. The van der Waals surface area contributed by atoms with Crippen LogP contribution in [0, 0.1) is 0 Å². The lowest BCUT2D eigenvalue weighted by atomic mass is 10.1. The van der Waals surface area contributed by atoms with Crippen molar-refractivity contribution < 1.29 is 19.0 Å². The predicted octanol–water partition coefficient (Wildman–Crippen LogP) is 2.43. The third-order valence-corrected chi connectivity index (χ3v) is 5.55.